The van der Waals surface area contributed by atoms with Crippen LogP contribution in [-0.2, 0) is 19.4 Å². The zero-order chi connectivity index (χ0) is 15.0. The third-order valence-electron chi connectivity index (χ3n) is 4.15. The van der Waals surface area contributed by atoms with Gasteiger partial charge in [0.25, 0.3) is 0 Å². The monoisotopic (exact) mass is 285 g/mol. The number of hydrogen-bond acceptors (Lipinski definition) is 3. The highest BCUT2D eigenvalue weighted by Crippen LogP contribution is 2.25. The van der Waals surface area contributed by atoms with Crippen molar-refractivity contribution in [1.82, 2.24) is 9.55 Å². The zero-order valence-electron chi connectivity index (χ0n) is 12.1. The van der Waals surface area contributed by atoms with E-state index in [0.29, 0.717) is 12.2 Å². The van der Waals surface area contributed by atoms with Crippen LogP contribution in [0.2, 0.25) is 0 Å². The minimum atomic E-state index is -0.977. The average molecular weight is 285 g/mol. The molecule has 0 amide bonds. The summed E-state index contributed by atoms with van der Waals surface area (Å²) in [5, 5.41) is 9.38. The molecule has 110 valence electrons. The fourth-order valence-corrected chi connectivity index (χ4v) is 3.13. The van der Waals surface area contributed by atoms with Gasteiger partial charge < -0.3 is 15.4 Å². The zero-order valence-corrected chi connectivity index (χ0v) is 12.1. The fraction of sp³-hybridized carbons (Fsp3) is 0.375. The molecule has 5 heteroatoms. The topological polar surface area (TPSA) is 81.1 Å². The molecule has 2 aromatic rings. The summed E-state index contributed by atoms with van der Waals surface area (Å²) in [5.41, 5.74) is 9.48. The molecule has 0 radical (unpaired) electrons. The molecule has 0 spiro atoms. The third kappa shape index (κ3) is 2.39. The van der Waals surface area contributed by atoms with E-state index in [9.17, 15) is 9.90 Å². The quantitative estimate of drug-likeness (QED) is 0.848. The molecule has 0 atom stereocenters. The summed E-state index contributed by atoms with van der Waals surface area (Å²) in [5.74, 6) is -0.0320. The van der Waals surface area contributed by atoms with E-state index < -0.39 is 5.97 Å². The lowest BCUT2D eigenvalue weighted by atomic mass is 10.0. The van der Waals surface area contributed by atoms with E-state index in [1.54, 1.807) is 12.1 Å². The summed E-state index contributed by atoms with van der Waals surface area (Å²) in [7, 11) is 0. The van der Waals surface area contributed by atoms with Crippen LogP contribution in [0.25, 0.3) is 0 Å². The molecule has 0 aliphatic heterocycles. The van der Waals surface area contributed by atoms with E-state index in [2.05, 4.69) is 9.55 Å². The number of anilines is 1. The Morgan fingerprint density at radius 3 is 2.90 bits per heavy atom. The number of aromatic carboxylic acids is 1. The maximum atomic E-state index is 11.4. The molecule has 1 aliphatic carbocycles. The van der Waals surface area contributed by atoms with Gasteiger partial charge in [0.15, 0.2) is 0 Å². The van der Waals surface area contributed by atoms with Crippen molar-refractivity contribution in [2.24, 2.45) is 0 Å². The first-order chi connectivity index (χ1) is 10.1. The molecule has 0 bridgehead atoms. The smallest absolute Gasteiger partial charge is 0.338 e. The molecular weight excluding hydrogens is 266 g/mol. The Kier molecular flexibility index (Phi) is 3.41. The van der Waals surface area contributed by atoms with Gasteiger partial charge in [-0.15, -0.1) is 0 Å². The molecule has 5 nitrogen and oxygen atoms in total. The van der Waals surface area contributed by atoms with Crippen LogP contribution < -0.4 is 5.73 Å². The van der Waals surface area contributed by atoms with Crippen LogP contribution in [0.4, 0.5) is 5.69 Å². The minimum Gasteiger partial charge on any atom is -0.478 e. The standard InChI is InChI=1S/C16H19N3O2/c1-10-18-13-7-2-3-8-14(13)19(10)9-11-5-4-6-12(17)15(11)16(20)21/h4-6H,2-3,7-9,17H2,1H3,(H,20,21). The number of fused-ring (bicyclic) bond motifs is 1. The predicted molar refractivity (Wildman–Crippen MR) is 80.5 cm³/mol. The van der Waals surface area contributed by atoms with Crippen LogP contribution in [-0.4, -0.2) is 20.6 Å². The van der Waals surface area contributed by atoms with Crippen molar-refractivity contribution >= 4 is 11.7 Å². The van der Waals surface area contributed by atoms with Gasteiger partial charge in [-0.1, -0.05) is 12.1 Å². The lowest BCUT2D eigenvalue weighted by Gasteiger charge is -2.16. The molecule has 21 heavy (non-hydrogen) atoms. The molecule has 3 rings (SSSR count). The number of benzene rings is 1. The van der Waals surface area contributed by atoms with Gasteiger partial charge in [-0.2, -0.15) is 0 Å². The van der Waals surface area contributed by atoms with Gasteiger partial charge in [0, 0.05) is 17.9 Å². The molecule has 1 aromatic carbocycles. The summed E-state index contributed by atoms with van der Waals surface area (Å²) in [6, 6.07) is 5.26. The lowest BCUT2D eigenvalue weighted by Crippen LogP contribution is -2.14. The maximum absolute atomic E-state index is 11.4. The molecule has 1 aromatic heterocycles. The van der Waals surface area contributed by atoms with E-state index in [4.69, 9.17) is 5.73 Å². The van der Waals surface area contributed by atoms with Crippen LogP contribution in [0.1, 0.15) is 46.0 Å². The molecule has 1 heterocycles. The van der Waals surface area contributed by atoms with E-state index >= 15 is 0 Å². The Labute approximate surface area is 123 Å². The number of nitrogens with zero attached hydrogens (tertiary/aromatic N) is 2. The number of carboxylic acid groups (broad SMARTS) is 1. The molecule has 3 N–H and O–H groups in total. The molecule has 0 unspecified atom stereocenters. The van der Waals surface area contributed by atoms with Crippen molar-refractivity contribution in [1.29, 1.82) is 0 Å². The second kappa shape index (κ2) is 5.24. The highest BCUT2D eigenvalue weighted by molar-refractivity contribution is 5.95. The Balaban J connectivity index is 2.04. The van der Waals surface area contributed by atoms with Gasteiger partial charge in [0.2, 0.25) is 0 Å². The van der Waals surface area contributed by atoms with E-state index in [0.717, 1.165) is 24.2 Å². The summed E-state index contributed by atoms with van der Waals surface area (Å²) < 4.78 is 2.13. The van der Waals surface area contributed by atoms with Crippen molar-refractivity contribution in [3.05, 3.63) is 46.5 Å². The maximum Gasteiger partial charge on any atom is 0.338 e. The minimum absolute atomic E-state index is 0.204. The van der Waals surface area contributed by atoms with Crippen LogP contribution in [0.3, 0.4) is 0 Å². The highest BCUT2D eigenvalue weighted by Gasteiger charge is 2.20. The average Bonchev–Trinajstić information content (AvgIpc) is 2.75. The van der Waals surface area contributed by atoms with Gasteiger partial charge in [0.1, 0.15) is 5.82 Å². The van der Waals surface area contributed by atoms with Crippen LogP contribution in [0.5, 0.6) is 0 Å². The predicted octanol–water partition coefficient (Wildman–Crippen LogP) is 2.40. The van der Waals surface area contributed by atoms with Crippen molar-refractivity contribution in [2.45, 2.75) is 39.2 Å². The number of carbonyl (C=O) groups is 1. The molecular formula is C16H19N3O2. The number of aromatic nitrogens is 2. The van der Waals surface area contributed by atoms with Gasteiger partial charge in [-0.3, -0.25) is 0 Å². The Morgan fingerprint density at radius 1 is 1.38 bits per heavy atom. The first-order valence-corrected chi connectivity index (χ1v) is 7.23. The van der Waals surface area contributed by atoms with Crippen molar-refractivity contribution in [3.63, 3.8) is 0 Å². The number of imidazole rings is 1. The number of aryl methyl sites for hydroxylation is 2. The number of nitrogen functional groups attached to an aromatic ring is 1. The van der Waals surface area contributed by atoms with Crippen LogP contribution in [0.15, 0.2) is 18.2 Å². The normalized spacial score (nSPS) is 14.0. The first-order valence-electron chi connectivity index (χ1n) is 7.23. The number of hydrogen-bond donors (Lipinski definition) is 2. The number of rotatable bonds is 3. The lowest BCUT2D eigenvalue weighted by molar-refractivity contribution is 0.0696. The van der Waals surface area contributed by atoms with Gasteiger partial charge in [0.05, 0.1) is 11.3 Å². The Bertz CT molecular complexity index is 704. The fourth-order valence-electron chi connectivity index (χ4n) is 3.13. The number of nitrogens with two attached hydrogens (primary N) is 1. The summed E-state index contributed by atoms with van der Waals surface area (Å²) in [6.45, 7) is 2.49. The SMILES string of the molecule is Cc1nc2c(n1Cc1cccc(N)c1C(=O)O)CCCC2. The van der Waals surface area contributed by atoms with Gasteiger partial charge >= 0.3 is 5.97 Å². The molecule has 1 aliphatic rings. The van der Waals surface area contributed by atoms with Crippen LogP contribution >= 0.6 is 0 Å². The Hall–Kier alpha value is -2.30. The molecule has 0 saturated heterocycles. The third-order valence-corrected chi connectivity index (χ3v) is 4.15. The van der Waals surface area contributed by atoms with Crippen molar-refractivity contribution in [2.75, 3.05) is 5.73 Å². The van der Waals surface area contributed by atoms with E-state index in [-0.39, 0.29) is 5.56 Å². The first kappa shape index (κ1) is 13.7. The second-order valence-corrected chi connectivity index (χ2v) is 5.53. The highest BCUT2D eigenvalue weighted by atomic mass is 16.4. The largest absolute Gasteiger partial charge is 0.478 e. The Morgan fingerprint density at radius 2 is 2.14 bits per heavy atom. The summed E-state index contributed by atoms with van der Waals surface area (Å²) in [6.07, 6.45) is 4.38. The molecule has 0 saturated carbocycles. The summed E-state index contributed by atoms with van der Waals surface area (Å²) >= 11 is 0. The molecule has 0 fully saturated rings. The van der Waals surface area contributed by atoms with E-state index in [1.807, 2.05) is 13.0 Å². The van der Waals surface area contributed by atoms with Gasteiger partial charge in [-0.25, -0.2) is 9.78 Å². The van der Waals surface area contributed by atoms with Gasteiger partial charge in [-0.05, 0) is 44.2 Å². The number of carboxylic acids is 1. The van der Waals surface area contributed by atoms with Crippen molar-refractivity contribution in [3.8, 4) is 0 Å². The second-order valence-electron chi connectivity index (χ2n) is 5.53. The van der Waals surface area contributed by atoms with Crippen LogP contribution in [0, 0.1) is 6.92 Å². The van der Waals surface area contributed by atoms with E-state index in [1.165, 1.54) is 24.2 Å². The van der Waals surface area contributed by atoms with Crippen molar-refractivity contribution < 1.29 is 9.90 Å². The summed E-state index contributed by atoms with van der Waals surface area (Å²) in [4.78, 5) is 16.1.